The first kappa shape index (κ1) is 14.9. The zero-order chi connectivity index (χ0) is 12.3. The number of morpholine rings is 1. The number of hydrogen-bond acceptors (Lipinski definition) is 4. The number of hydrogen-bond donors (Lipinski definition) is 1. The van der Waals surface area contributed by atoms with E-state index < -0.39 is 0 Å². The van der Waals surface area contributed by atoms with Crippen molar-refractivity contribution in [3.8, 4) is 0 Å². The van der Waals surface area contributed by atoms with Gasteiger partial charge in [-0.15, -0.1) is 0 Å². The lowest BCUT2D eigenvalue weighted by atomic mass is 10.3. The zero-order valence-electron chi connectivity index (χ0n) is 11.6. The quantitative estimate of drug-likeness (QED) is 0.787. The summed E-state index contributed by atoms with van der Waals surface area (Å²) >= 11 is 0. The average Bonchev–Trinajstić information content (AvgIpc) is 2.40. The summed E-state index contributed by atoms with van der Waals surface area (Å²) < 4.78 is 5.33. The van der Waals surface area contributed by atoms with E-state index in [0.29, 0.717) is 0 Å². The maximum atomic E-state index is 5.33. The van der Waals surface area contributed by atoms with Gasteiger partial charge >= 0.3 is 0 Å². The van der Waals surface area contributed by atoms with Crippen LogP contribution in [0.25, 0.3) is 0 Å². The Morgan fingerprint density at radius 3 is 1.88 bits per heavy atom. The molecular weight excluding hydrogens is 214 g/mol. The van der Waals surface area contributed by atoms with Crippen LogP contribution in [-0.4, -0.2) is 75.4 Å². The minimum atomic E-state index is 0.918. The summed E-state index contributed by atoms with van der Waals surface area (Å²) in [5, 5.41) is 3.38. The molecule has 0 atom stereocenters. The van der Waals surface area contributed by atoms with E-state index in [2.05, 4.69) is 29.0 Å². The van der Waals surface area contributed by atoms with Crippen molar-refractivity contribution >= 4 is 0 Å². The smallest absolute Gasteiger partial charge is 0.0594 e. The third kappa shape index (κ3) is 6.99. The highest BCUT2D eigenvalue weighted by molar-refractivity contribution is 4.70. The first-order valence-corrected chi connectivity index (χ1v) is 7.10. The van der Waals surface area contributed by atoms with Gasteiger partial charge in [-0.05, 0) is 0 Å². The van der Waals surface area contributed by atoms with Gasteiger partial charge in [-0.1, -0.05) is 20.3 Å². The molecule has 0 unspecified atom stereocenters. The van der Waals surface area contributed by atoms with E-state index in [1.54, 1.807) is 0 Å². The molecule has 0 bridgehead atoms. The molecule has 0 aromatic heterocycles. The van der Waals surface area contributed by atoms with Crippen molar-refractivity contribution < 1.29 is 4.74 Å². The van der Waals surface area contributed by atoms with Crippen LogP contribution in [0.5, 0.6) is 0 Å². The Morgan fingerprint density at radius 2 is 1.35 bits per heavy atom. The van der Waals surface area contributed by atoms with Gasteiger partial charge in [0.25, 0.3) is 0 Å². The topological polar surface area (TPSA) is 27.7 Å². The summed E-state index contributed by atoms with van der Waals surface area (Å²) in [5.41, 5.74) is 0. The number of piperazine rings is 1. The van der Waals surface area contributed by atoms with Gasteiger partial charge in [-0.2, -0.15) is 0 Å². The van der Waals surface area contributed by atoms with Crippen LogP contribution in [0.15, 0.2) is 0 Å². The van der Waals surface area contributed by atoms with E-state index in [0.717, 1.165) is 39.4 Å². The van der Waals surface area contributed by atoms with E-state index in [-0.39, 0.29) is 0 Å². The Morgan fingerprint density at radius 1 is 0.882 bits per heavy atom. The SMILES string of the molecule is C1CN(CCN2CCOCC2)CCN1.CCC. The van der Waals surface area contributed by atoms with Crippen LogP contribution in [0.3, 0.4) is 0 Å². The minimum absolute atomic E-state index is 0.918. The van der Waals surface area contributed by atoms with Crippen molar-refractivity contribution in [2.45, 2.75) is 20.3 Å². The van der Waals surface area contributed by atoms with Crippen LogP contribution in [0.2, 0.25) is 0 Å². The van der Waals surface area contributed by atoms with E-state index >= 15 is 0 Å². The molecule has 17 heavy (non-hydrogen) atoms. The number of nitrogens with zero attached hydrogens (tertiary/aromatic N) is 2. The second-order valence-electron chi connectivity index (χ2n) is 4.75. The largest absolute Gasteiger partial charge is 0.379 e. The molecule has 0 saturated carbocycles. The normalized spacial score (nSPS) is 22.9. The molecule has 2 saturated heterocycles. The molecule has 0 aromatic rings. The number of ether oxygens (including phenoxy) is 1. The minimum Gasteiger partial charge on any atom is -0.379 e. The second kappa shape index (κ2) is 9.83. The van der Waals surface area contributed by atoms with Gasteiger partial charge in [-0.3, -0.25) is 9.80 Å². The molecule has 4 heteroatoms. The van der Waals surface area contributed by atoms with Crippen molar-refractivity contribution in [3.05, 3.63) is 0 Å². The molecule has 102 valence electrons. The highest BCUT2D eigenvalue weighted by atomic mass is 16.5. The first-order chi connectivity index (χ1) is 8.36. The summed E-state index contributed by atoms with van der Waals surface area (Å²) in [5.74, 6) is 0. The van der Waals surface area contributed by atoms with Gasteiger partial charge in [-0.25, -0.2) is 0 Å². The molecule has 2 heterocycles. The van der Waals surface area contributed by atoms with E-state index in [1.807, 2.05) is 0 Å². The van der Waals surface area contributed by atoms with Crippen molar-refractivity contribution in [2.24, 2.45) is 0 Å². The molecule has 2 aliphatic rings. The van der Waals surface area contributed by atoms with Crippen LogP contribution < -0.4 is 5.32 Å². The summed E-state index contributed by atoms with van der Waals surface area (Å²) in [6.07, 6.45) is 1.25. The van der Waals surface area contributed by atoms with Crippen molar-refractivity contribution in [2.75, 3.05) is 65.6 Å². The van der Waals surface area contributed by atoms with Gasteiger partial charge in [0.15, 0.2) is 0 Å². The maximum absolute atomic E-state index is 5.33. The predicted octanol–water partition coefficient (Wildman–Crippen LogP) is 0.640. The van der Waals surface area contributed by atoms with Crippen LogP contribution in [0.4, 0.5) is 0 Å². The van der Waals surface area contributed by atoms with Crippen molar-refractivity contribution in [1.29, 1.82) is 0 Å². The summed E-state index contributed by atoms with van der Waals surface area (Å²) in [6, 6.07) is 0. The molecule has 2 rings (SSSR count). The Kier molecular flexibility index (Phi) is 8.61. The van der Waals surface area contributed by atoms with Gasteiger partial charge < -0.3 is 10.1 Å². The van der Waals surface area contributed by atoms with Gasteiger partial charge in [0.1, 0.15) is 0 Å². The molecule has 0 spiro atoms. The second-order valence-corrected chi connectivity index (χ2v) is 4.75. The number of nitrogens with one attached hydrogen (secondary N) is 1. The third-order valence-corrected chi connectivity index (χ3v) is 3.05. The van der Waals surface area contributed by atoms with Gasteiger partial charge in [0.05, 0.1) is 13.2 Å². The zero-order valence-corrected chi connectivity index (χ0v) is 11.6. The molecule has 0 amide bonds. The maximum Gasteiger partial charge on any atom is 0.0594 e. The number of rotatable bonds is 3. The van der Waals surface area contributed by atoms with Crippen LogP contribution in [-0.2, 0) is 4.74 Å². The molecule has 1 N–H and O–H groups in total. The van der Waals surface area contributed by atoms with Crippen molar-refractivity contribution in [3.63, 3.8) is 0 Å². The molecule has 0 radical (unpaired) electrons. The Labute approximate surface area is 106 Å². The van der Waals surface area contributed by atoms with Crippen LogP contribution in [0, 0.1) is 0 Å². The molecule has 2 fully saturated rings. The fraction of sp³-hybridized carbons (Fsp3) is 1.00. The summed E-state index contributed by atoms with van der Waals surface area (Å²) in [6.45, 7) is 15.5. The summed E-state index contributed by atoms with van der Waals surface area (Å²) in [4.78, 5) is 5.05. The van der Waals surface area contributed by atoms with E-state index in [4.69, 9.17) is 4.74 Å². The average molecular weight is 243 g/mol. The summed E-state index contributed by atoms with van der Waals surface area (Å²) in [7, 11) is 0. The highest BCUT2D eigenvalue weighted by Gasteiger charge is 2.13. The van der Waals surface area contributed by atoms with Crippen LogP contribution in [0.1, 0.15) is 20.3 Å². The van der Waals surface area contributed by atoms with Gasteiger partial charge in [0.2, 0.25) is 0 Å². The lowest BCUT2D eigenvalue weighted by Crippen LogP contribution is -2.47. The van der Waals surface area contributed by atoms with E-state index in [9.17, 15) is 0 Å². The Hall–Kier alpha value is -0.160. The van der Waals surface area contributed by atoms with Crippen molar-refractivity contribution in [1.82, 2.24) is 15.1 Å². The molecule has 0 aromatic carbocycles. The predicted molar refractivity (Wildman–Crippen MR) is 72.5 cm³/mol. The lowest BCUT2D eigenvalue weighted by molar-refractivity contribution is 0.0328. The molecular formula is C13H29N3O. The standard InChI is InChI=1S/C10H21N3O.C3H8/c1-3-12(4-2-11-1)5-6-13-7-9-14-10-8-13;1-3-2/h11H,1-10H2;3H2,1-2H3. The third-order valence-electron chi connectivity index (χ3n) is 3.05. The van der Waals surface area contributed by atoms with Crippen LogP contribution >= 0.6 is 0 Å². The Bertz CT molecular complexity index is 148. The molecule has 4 nitrogen and oxygen atoms in total. The Balaban J connectivity index is 0.000000437. The highest BCUT2D eigenvalue weighted by Crippen LogP contribution is 1.98. The molecule has 0 aliphatic carbocycles. The fourth-order valence-electron chi connectivity index (χ4n) is 2.04. The van der Waals surface area contributed by atoms with Gasteiger partial charge in [0, 0.05) is 52.4 Å². The fourth-order valence-corrected chi connectivity index (χ4v) is 2.04. The van der Waals surface area contributed by atoms with E-state index in [1.165, 1.54) is 32.6 Å². The monoisotopic (exact) mass is 243 g/mol. The molecule has 2 aliphatic heterocycles. The first-order valence-electron chi connectivity index (χ1n) is 7.10. The lowest BCUT2D eigenvalue weighted by Gasteiger charge is -2.31.